The lowest BCUT2D eigenvalue weighted by Gasteiger charge is -2.36. The molecule has 0 saturated carbocycles. The van der Waals surface area contributed by atoms with Gasteiger partial charge in [0.25, 0.3) is 0 Å². The van der Waals surface area contributed by atoms with Crippen molar-refractivity contribution in [1.29, 1.82) is 0 Å². The van der Waals surface area contributed by atoms with E-state index in [1.54, 1.807) is 0 Å². The maximum Gasteiger partial charge on any atom is 0.0901 e. The molecule has 0 saturated heterocycles. The minimum atomic E-state index is -0.264. The Morgan fingerprint density at radius 1 is 0.800 bits per heavy atom. The molecule has 0 aromatic rings. The molecule has 25 heavy (non-hydrogen) atoms. The van der Waals surface area contributed by atoms with Gasteiger partial charge in [-0.3, -0.25) is 0 Å². The lowest BCUT2D eigenvalue weighted by molar-refractivity contribution is -0.122. The molecule has 3 heteroatoms. The van der Waals surface area contributed by atoms with E-state index < -0.39 is 0 Å². The van der Waals surface area contributed by atoms with E-state index in [4.69, 9.17) is 14.2 Å². The van der Waals surface area contributed by atoms with Crippen LogP contribution in [-0.2, 0) is 14.2 Å². The Hall–Kier alpha value is -1.16. The van der Waals surface area contributed by atoms with E-state index in [0.29, 0.717) is 25.0 Å². The molecular formula is C22H34O3. The summed E-state index contributed by atoms with van der Waals surface area (Å²) >= 11 is 0. The second-order valence-electron chi connectivity index (χ2n) is 7.82. The summed E-state index contributed by atoms with van der Waals surface area (Å²) in [5.41, 5.74) is -0.518. The second-order valence-corrected chi connectivity index (χ2v) is 7.82. The number of ether oxygens (including phenoxy) is 3. The van der Waals surface area contributed by atoms with Crippen LogP contribution in [-0.4, -0.2) is 36.6 Å². The molecule has 0 aromatic carbocycles. The van der Waals surface area contributed by atoms with Gasteiger partial charge in [0.05, 0.1) is 36.6 Å². The van der Waals surface area contributed by atoms with E-state index in [0.717, 1.165) is 0 Å². The molecule has 2 rings (SSSR count). The normalized spacial score (nSPS) is 36.6. The van der Waals surface area contributed by atoms with Crippen molar-refractivity contribution >= 4 is 0 Å². The third-order valence-corrected chi connectivity index (χ3v) is 5.38. The molecule has 0 amide bonds. The van der Waals surface area contributed by atoms with Crippen LogP contribution >= 0.6 is 0 Å². The fourth-order valence-electron chi connectivity index (χ4n) is 3.08. The van der Waals surface area contributed by atoms with E-state index in [-0.39, 0.29) is 23.4 Å². The molecule has 140 valence electrons. The van der Waals surface area contributed by atoms with Crippen molar-refractivity contribution in [1.82, 2.24) is 0 Å². The Labute approximate surface area is 153 Å². The van der Waals surface area contributed by atoms with Crippen LogP contribution in [0.25, 0.3) is 0 Å². The molecule has 6 unspecified atom stereocenters. The van der Waals surface area contributed by atoms with Gasteiger partial charge < -0.3 is 14.2 Å². The molecule has 0 spiro atoms. The molecule has 6 atom stereocenters. The minimum Gasteiger partial charge on any atom is -0.373 e. The molecule has 0 heterocycles. The first kappa shape index (κ1) is 20.2. The van der Waals surface area contributed by atoms with E-state index in [1.807, 2.05) is 0 Å². The number of hydrogen-bond acceptors (Lipinski definition) is 3. The zero-order valence-electron chi connectivity index (χ0n) is 16.6. The second kappa shape index (κ2) is 8.48. The van der Waals surface area contributed by atoms with Crippen LogP contribution in [0.2, 0.25) is 0 Å². The van der Waals surface area contributed by atoms with Gasteiger partial charge >= 0.3 is 0 Å². The van der Waals surface area contributed by atoms with E-state index in [2.05, 4.69) is 90.2 Å². The molecule has 3 nitrogen and oxygen atoms in total. The monoisotopic (exact) mass is 346 g/mol. The van der Waals surface area contributed by atoms with Gasteiger partial charge in [0.15, 0.2) is 0 Å². The molecule has 0 bridgehead atoms. The Kier molecular flexibility index (Phi) is 6.84. The summed E-state index contributed by atoms with van der Waals surface area (Å²) in [5.74, 6) is 0.716. The predicted molar refractivity (Wildman–Crippen MR) is 104 cm³/mol. The Bertz CT molecular complexity index is 547. The molecular weight excluding hydrogens is 312 g/mol. The summed E-state index contributed by atoms with van der Waals surface area (Å²) in [4.78, 5) is 0. The minimum absolute atomic E-state index is 0.0260. The van der Waals surface area contributed by atoms with Crippen molar-refractivity contribution in [3.63, 3.8) is 0 Å². The standard InChI is InChI=1S/C22H34O3/c1-17-11-7-9-13-21(17,5)24-16-19(3)23-15-20(4)25-22(6)14-10-8-12-18(22)2/h7-14,17-20H,15-16H2,1-6H3. The van der Waals surface area contributed by atoms with Crippen LogP contribution in [0.1, 0.15) is 41.5 Å². The number of hydrogen-bond donors (Lipinski definition) is 0. The average Bonchev–Trinajstić information content (AvgIpc) is 2.57. The highest BCUT2D eigenvalue weighted by Gasteiger charge is 2.32. The fourth-order valence-corrected chi connectivity index (χ4v) is 3.08. The first-order valence-corrected chi connectivity index (χ1v) is 9.40. The summed E-state index contributed by atoms with van der Waals surface area (Å²) in [5, 5.41) is 0. The Morgan fingerprint density at radius 3 is 1.92 bits per heavy atom. The zero-order valence-corrected chi connectivity index (χ0v) is 16.6. The molecule has 0 aromatic heterocycles. The quantitative estimate of drug-likeness (QED) is 0.628. The van der Waals surface area contributed by atoms with Crippen molar-refractivity contribution in [3.8, 4) is 0 Å². The Balaban J connectivity index is 1.73. The first-order chi connectivity index (χ1) is 11.8. The maximum atomic E-state index is 6.25. The van der Waals surface area contributed by atoms with Gasteiger partial charge in [0.2, 0.25) is 0 Å². The lowest BCUT2D eigenvalue weighted by Crippen LogP contribution is -2.40. The highest BCUT2D eigenvalue weighted by molar-refractivity contribution is 5.21. The highest BCUT2D eigenvalue weighted by atomic mass is 16.6. The maximum absolute atomic E-state index is 6.25. The van der Waals surface area contributed by atoms with Gasteiger partial charge in [-0.2, -0.15) is 0 Å². The Morgan fingerprint density at radius 2 is 1.36 bits per heavy atom. The van der Waals surface area contributed by atoms with Gasteiger partial charge in [0, 0.05) is 11.8 Å². The molecule has 0 radical (unpaired) electrons. The van der Waals surface area contributed by atoms with E-state index in [9.17, 15) is 0 Å². The van der Waals surface area contributed by atoms with Gasteiger partial charge in [-0.25, -0.2) is 0 Å². The van der Waals surface area contributed by atoms with Crippen LogP contribution in [0, 0.1) is 11.8 Å². The van der Waals surface area contributed by atoms with Crippen LogP contribution in [0.3, 0.4) is 0 Å². The third-order valence-electron chi connectivity index (χ3n) is 5.38. The smallest absolute Gasteiger partial charge is 0.0901 e. The first-order valence-electron chi connectivity index (χ1n) is 9.40. The molecule has 0 N–H and O–H groups in total. The van der Waals surface area contributed by atoms with Gasteiger partial charge in [-0.1, -0.05) is 62.5 Å². The summed E-state index contributed by atoms with van der Waals surface area (Å²) in [6, 6.07) is 0. The third kappa shape index (κ3) is 5.40. The van der Waals surface area contributed by atoms with E-state index in [1.165, 1.54) is 0 Å². The van der Waals surface area contributed by atoms with Crippen molar-refractivity contribution in [3.05, 3.63) is 48.6 Å². The largest absolute Gasteiger partial charge is 0.373 e. The van der Waals surface area contributed by atoms with Crippen molar-refractivity contribution in [2.75, 3.05) is 13.2 Å². The SMILES string of the molecule is CC(COC1(C)C=CC=CC1C)OCC(C)OC1(C)C=CC=CC1C. The molecule has 2 aliphatic rings. The molecule has 0 fully saturated rings. The van der Waals surface area contributed by atoms with Gasteiger partial charge in [0.1, 0.15) is 0 Å². The van der Waals surface area contributed by atoms with Crippen molar-refractivity contribution < 1.29 is 14.2 Å². The van der Waals surface area contributed by atoms with Gasteiger partial charge in [-0.15, -0.1) is 0 Å². The molecule has 0 aliphatic heterocycles. The van der Waals surface area contributed by atoms with Crippen LogP contribution < -0.4 is 0 Å². The van der Waals surface area contributed by atoms with Crippen LogP contribution in [0.15, 0.2) is 48.6 Å². The van der Waals surface area contributed by atoms with Crippen LogP contribution in [0.5, 0.6) is 0 Å². The lowest BCUT2D eigenvalue weighted by atomic mass is 9.86. The van der Waals surface area contributed by atoms with Crippen molar-refractivity contribution in [2.45, 2.75) is 65.0 Å². The topological polar surface area (TPSA) is 27.7 Å². The van der Waals surface area contributed by atoms with Crippen molar-refractivity contribution in [2.24, 2.45) is 11.8 Å². The number of allylic oxidation sites excluding steroid dienone is 4. The zero-order chi connectivity index (χ0) is 18.5. The summed E-state index contributed by atoms with van der Waals surface area (Å²) in [6.07, 6.45) is 16.9. The van der Waals surface area contributed by atoms with E-state index >= 15 is 0 Å². The van der Waals surface area contributed by atoms with Crippen LogP contribution in [0.4, 0.5) is 0 Å². The fraction of sp³-hybridized carbons (Fsp3) is 0.636. The average molecular weight is 347 g/mol. The summed E-state index contributed by atoms with van der Waals surface area (Å²) in [7, 11) is 0. The summed E-state index contributed by atoms with van der Waals surface area (Å²) < 4.78 is 18.4. The number of rotatable bonds is 8. The highest BCUT2D eigenvalue weighted by Crippen LogP contribution is 2.30. The predicted octanol–water partition coefficient (Wildman–Crippen LogP) is 4.85. The summed E-state index contributed by atoms with van der Waals surface area (Å²) in [6.45, 7) is 13.9. The molecule has 2 aliphatic carbocycles. The van der Waals surface area contributed by atoms with Gasteiger partial charge in [-0.05, 0) is 27.7 Å².